The molecule has 0 saturated heterocycles. The van der Waals surface area contributed by atoms with Crippen LogP contribution in [-0.2, 0) is 21.2 Å². The molecule has 0 spiro atoms. The molecule has 1 aliphatic heterocycles. The van der Waals surface area contributed by atoms with Gasteiger partial charge in [-0.05, 0) is 50.1 Å². The largest absolute Gasteiger partial charge is 0.364 e. The first-order chi connectivity index (χ1) is 13.1. The maximum atomic E-state index is 12.1. The lowest BCUT2D eigenvalue weighted by molar-refractivity contribution is -0.111. The van der Waals surface area contributed by atoms with Crippen molar-refractivity contribution in [2.75, 3.05) is 5.43 Å². The van der Waals surface area contributed by atoms with E-state index in [0.29, 0.717) is 11.4 Å². The van der Waals surface area contributed by atoms with Gasteiger partial charge in [0, 0.05) is 5.56 Å². The van der Waals surface area contributed by atoms with Crippen molar-refractivity contribution in [3.8, 4) is 0 Å². The second-order valence-electron chi connectivity index (χ2n) is 7.11. The zero-order valence-electron chi connectivity index (χ0n) is 15.5. The van der Waals surface area contributed by atoms with E-state index in [1.807, 2.05) is 38.1 Å². The summed E-state index contributed by atoms with van der Waals surface area (Å²) in [5.74, 6) is -0.722. The number of nitrogens with one attached hydrogen (secondary N) is 1. The summed E-state index contributed by atoms with van der Waals surface area (Å²) in [6, 6.07) is 13.3. The molecule has 0 atom stereocenters. The molecule has 9 heteroatoms. The van der Waals surface area contributed by atoms with Crippen LogP contribution >= 0.6 is 0 Å². The number of anilines is 1. The van der Waals surface area contributed by atoms with E-state index in [-0.39, 0.29) is 10.6 Å². The van der Waals surface area contributed by atoms with Crippen LogP contribution in [0.25, 0.3) is 0 Å². The number of nitrogens with zero attached hydrogens (tertiary/aromatic N) is 2. The molecule has 2 aromatic carbocycles. The predicted molar refractivity (Wildman–Crippen MR) is 109 cm³/mol. The van der Waals surface area contributed by atoms with Gasteiger partial charge >= 0.3 is 0 Å². The van der Waals surface area contributed by atoms with Crippen LogP contribution in [0.1, 0.15) is 25.0 Å². The van der Waals surface area contributed by atoms with Crippen LogP contribution in [0.5, 0.6) is 0 Å². The Morgan fingerprint density at radius 1 is 1.14 bits per heavy atom. The molecule has 0 bridgehead atoms. The molecule has 2 aromatic rings. The third-order valence-electron chi connectivity index (χ3n) is 4.25. The Hall–Kier alpha value is -3.04. The standard InChI is InChI=1S/C19H21N5O3S/c1-19(2)11-12-5-3-4-6-15(12)16(22-19)17(18(20)25)24-23-13-7-9-14(10-8-13)28(21,26)27/h3-10,23H,11H2,1-2H3,(H2,20,25)(H2,21,26,27). The first-order valence-electron chi connectivity index (χ1n) is 8.52. The van der Waals surface area contributed by atoms with Crippen LogP contribution in [0.2, 0.25) is 0 Å². The van der Waals surface area contributed by atoms with Crippen molar-refractivity contribution in [2.24, 2.45) is 21.0 Å². The molecule has 0 fully saturated rings. The fourth-order valence-electron chi connectivity index (χ4n) is 3.02. The van der Waals surface area contributed by atoms with Crippen LogP contribution in [0.4, 0.5) is 5.69 Å². The van der Waals surface area contributed by atoms with E-state index in [9.17, 15) is 13.2 Å². The van der Waals surface area contributed by atoms with Crippen LogP contribution in [-0.4, -0.2) is 31.3 Å². The molecule has 1 heterocycles. The number of rotatable bonds is 5. The lowest BCUT2D eigenvalue weighted by Crippen LogP contribution is -2.38. The van der Waals surface area contributed by atoms with E-state index in [4.69, 9.17) is 10.9 Å². The molecule has 1 aliphatic rings. The average molecular weight is 399 g/mol. The summed E-state index contributed by atoms with van der Waals surface area (Å²) in [4.78, 5) is 16.8. The van der Waals surface area contributed by atoms with E-state index in [1.54, 1.807) is 0 Å². The fraction of sp³-hybridized carbons (Fsp3) is 0.211. The Labute approximate surface area is 163 Å². The molecule has 0 aliphatic carbocycles. The highest BCUT2D eigenvalue weighted by atomic mass is 32.2. The van der Waals surface area contributed by atoms with E-state index >= 15 is 0 Å². The van der Waals surface area contributed by atoms with E-state index in [2.05, 4.69) is 15.5 Å². The van der Waals surface area contributed by atoms with Gasteiger partial charge in [0.15, 0.2) is 5.71 Å². The third-order valence-corrected chi connectivity index (χ3v) is 5.18. The number of hydrazone groups is 1. The zero-order chi connectivity index (χ0) is 20.5. The number of primary amides is 1. The average Bonchev–Trinajstić information content (AvgIpc) is 2.60. The van der Waals surface area contributed by atoms with Crippen LogP contribution in [0, 0.1) is 0 Å². The number of amides is 1. The van der Waals surface area contributed by atoms with Crippen molar-refractivity contribution in [3.63, 3.8) is 0 Å². The molecular formula is C19H21N5O3S. The number of carbonyl (C=O) groups excluding carboxylic acids is 1. The highest BCUT2D eigenvalue weighted by Crippen LogP contribution is 2.27. The van der Waals surface area contributed by atoms with Crippen molar-refractivity contribution in [2.45, 2.75) is 30.7 Å². The number of sulfonamides is 1. The van der Waals surface area contributed by atoms with Gasteiger partial charge in [0.05, 0.1) is 21.8 Å². The number of benzene rings is 2. The Bertz CT molecular complexity index is 1090. The van der Waals surface area contributed by atoms with Gasteiger partial charge in [0.1, 0.15) is 0 Å². The second-order valence-corrected chi connectivity index (χ2v) is 8.67. The van der Waals surface area contributed by atoms with Gasteiger partial charge in [-0.15, -0.1) is 0 Å². The van der Waals surface area contributed by atoms with Gasteiger partial charge < -0.3 is 5.73 Å². The Balaban J connectivity index is 1.97. The highest BCUT2D eigenvalue weighted by Gasteiger charge is 2.30. The SMILES string of the molecule is CC1(C)Cc2ccccc2C(C(=NNc2ccc(S(N)(=O)=O)cc2)C(N)=O)=N1. The predicted octanol–water partition coefficient (Wildman–Crippen LogP) is 1.41. The summed E-state index contributed by atoms with van der Waals surface area (Å²) in [5, 5.41) is 9.24. The van der Waals surface area contributed by atoms with E-state index < -0.39 is 21.5 Å². The quantitative estimate of drug-likeness (QED) is 0.516. The third kappa shape index (κ3) is 4.26. The lowest BCUT2D eigenvalue weighted by Gasteiger charge is -2.28. The van der Waals surface area contributed by atoms with Gasteiger partial charge in [0.2, 0.25) is 10.0 Å². The van der Waals surface area contributed by atoms with Gasteiger partial charge in [-0.3, -0.25) is 15.2 Å². The minimum absolute atomic E-state index is 0.00394. The topological polar surface area (TPSA) is 140 Å². The summed E-state index contributed by atoms with van der Waals surface area (Å²) in [7, 11) is -3.78. The molecule has 0 radical (unpaired) electrons. The Morgan fingerprint density at radius 2 is 1.79 bits per heavy atom. The van der Waals surface area contributed by atoms with E-state index in [1.165, 1.54) is 24.3 Å². The molecule has 1 amide bonds. The molecular weight excluding hydrogens is 378 g/mol. The summed E-state index contributed by atoms with van der Waals surface area (Å²) >= 11 is 0. The summed E-state index contributed by atoms with van der Waals surface area (Å²) in [6.45, 7) is 3.95. The van der Waals surface area contributed by atoms with Crippen LogP contribution in [0.3, 0.4) is 0 Å². The molecule has 28 heavy (non-hydrogen) atoms. The minimum atomic E-state index is -3.78. The fourth-order valence-corrected chi connectivity index (χ4v) is 3.53. The van der Waals surface area contributed by atoms with Crippen molar-refractivity contribution in [1.82, 2.24) is 0 Å². The number of carbonyl (C=O) groups is 1. The molecule has 5 N–H and O–H groups in total. The molecule has 146 valence electrons. The van der Waals surface area contributed by atoms with Crippen molar-refractivity contribution >= 4 is 33.0 Å². The number of primary sulfonamides is 1. The van der Waals surface area contributed by atoms with Gasteiger partial charge in [-0.25, -0.2) is 13.6 Å². The molecule has 0 aromatic heterocycles. The van der Waals surface area contributed by atoms with E-state index in [0.717, 1.165) is 17.5 Å². The summed E-state index contributed by atoms with van der Waals surface area (Å²) in [5.41, 5.74) is 10.7. The Kier molecular flexibility index (Phi) is 5.05. The highest BCUT2D eigenvalue weighted by molar-refractivity contribution is 7.89. The first-order valence-corrected chi connectivity index (χ1v) is 10.1. The number of hydrogen-bond acceptors (Lipinski definition) is 6. The first kappa shape index (κ1) is 19.7. The van der Waals surface area contributed by atoms with Crippen molar-refractivity contribution in [1.29, 1.82) is 0 Å². The normalized spacial score (nSPS) is 16.1. The Morgan fingerprint density at radius 3 is 2.39 bits per heavy atom. The van der Waals surface area contributed by atoms with Crippen molar-refractivity contribution < 1.29 is 13.2 Å². The van der Waals surface area contributed by atoms with Crippen molar-refractivity contribution in [3.05, 3.63) is 59.7 Å². The lowest BCUT2D eigenvalue weighted by atomic mass is 9.85. The number of aliphatic imine (C=N–C) groups is 1. The molecule has 3 rings (SSSR count). The number of nitrogens with two attached hydrogens (primary N) is 2. The second kappa shape index (κ2) is 7.17. The maximum Gasteiger partial charge on any atom is 0.271 e. The molecule has 0 unspecified atom stereocenters. The minimum Gasteiger partial charge on any atom is -0.364 e. The zero-order valence-corrected chi connectivity index (χ0v) is 16.3. The van der Waals surface area contributed by atoms with Crippen LogP contribution in [0.15, 0.2) is 63.5 Å². The smallest absolute Gasteiger partial charge is 0.271 e. The van der Waals surface area contributed by atoms with Crippen LogP contribution < -0.4 is 16.3 Å². The number of hydrogen-bond donors (Lipinski definition) is 3. The maximum absolute atomic E-state index is 12.1. The molecule has 8 nitrogen and oxygen atoms in total. The molecule has 0 saturated carbocycles. The summed E-state index contributed by atoms with van der Waals surface area (Å²) in [6.07, 6.45) is 0.737. The number of fused-ring (bicyclic) bond motifs is 1. The monoisotopic (exact) mass is 399 g/mol. The van der Waals surface area contributed by atoms with Gasteiger partial charge in [0.25, 0.3) is 5.91 Å². The summed E-state index contributed by atoms with van der Waals surface area (Å²) < 4.78 is 22.7. The van der Waals surface area contributed by atoms with Gasteiger partial charge in [-0.1, -0.05) is 24.3 Å². The van der Waals surface area contributed by atoms with Gasteiger partial charge in [-0.2, -0.15) is 5.10 Å².